The van der Waals surface area contributed by atoms with E-state index in [0.29, 0.717) is 5.69 Å². The van der Waals surface area contributed by atoms with E-state index in [0.717, 1.165) is 16.2 Å². The Morgan fingerprint density at radius 3 is 3.00 bits per heavy atom. The first kappa shape index (κ1) is 11.5. The number of carboxylic acids is 1. The Morgan fingerprint density at radius 1 is 1.47 bits per heavy atom. The number of hydrogen-bond acceptors (Lipinski definition) is 3. The number of carbonyl (C=O) groups is 1. The molecule has 5 nitrogen and oxygen atoms in total. The summed E-state index contributed by atoms with van der Waals surface area (Å²) >= 11 is 3.36. The van der Waals surface area contributed by atoms with E-state index in [9.17, 15) is 4.79 Å². The highest BCUT2D eigenvalue weighted by Crippen LogP contribution is 2.14. The average Bonchev–Trinajstić information content (AvgIpc) is 2.75. The molecule has 0 bridgehead atoms. The van der Waals surface area contributed by atoms with Gasteiger partial charge in [0.25, 0.3) is 0 Å². The summed E-state index contributed by atoms with van der Waals surface area (Å²) in [5.41, 5.74) is 1.29. The summed E-state index contributed by atoms with van der Waals surface area (Å²) in [5, 5.41) is 16.7. The van der Waals surface area contributed by atoms with Crippen molar-refractivity contribution in [3.8, 4) is 5.69 Å². The molecule has 0 aliphatic rings. The fraction of sp³-hybridized carbons (Fsp3) is 0. The number of rotatable bonds is 3. The predicted octanol–water partition coefficient (Wildman–Crippen LogP) is 2.13. The summed E-state index contributed by atoms with van der Waals surface area (Å²) in [4.78, 5) is 11.8. The lowest BCUT2D eigenvalue weighted by Gasteiger charge is -1.98. The normalized spacial score (nSPS) is 10.9. The molecule has 1 aromatic carbocycles. The van der Waals surface area contributed by atoms with Crippen LogP contribution in [0.4, 0.5) is 0 Å². The zero-order chi connectivity index (χ0) is 12.3. The quantitative estimate of drug-likeness (QED) is 0.880. The lowest BCUT2D eigenvalue weighted by molar-refractivity contribution is -0.131. The summed E-state index contributed by atoms with van der Waals surface area (Å²) in [6, 6.07) is 7.49. The highest BCUT2D eigenvalue weighted by atomic mass is 79.9. The van der Waals surface area contributed by atoms with E-state index >= 15 is 0 Å². The van der Waals surface area contributed by atoms with E-state index in [-0.39, 0.29) is 0 Å². The van der Waals surface area contributed by atoms with Crippen LogP contribution in [0.3, 0.4) is 0 Å². The first-order chi connectivity index (χ1) is 8.15. The molecule has 17 heavy (non-hydrogen) atoms. The molecule has 0 radical (unpaired) electrons. The molecule has 1 heterocycles. The molecule has 0 unspecified atom stereocenters. The van der Waals surface area contributed by atoms with Crippen molar-refractivity contribution in [2.24, 2.45) is 0 Å². The van der Waals surface area contributed by atoms with Crippen molar-refractivity contribution in [1.29, 1.82) is 0 Å². The van der Waals surface area contributed by atoms with Crippen LogP contribution in [0.1, 0.15) is 5.69 Å². The molecule has 0 fully saturated rings. The van der Waals surface area contributed by atoms with Crippen molar-refractivity contribution in [2.45, 2.75) is 0 Å². The van der Waals surface area contributed by atoms with Crippen LogP contribution in [-0.2, 0) is 4.79 Å². The molecule has 0 aliphatic carbocycles. The Balaban J connectivity index is 2.27. The number of carboxylic acid groups (broad SMARTS) is 1. The van der Waals surface area contributed by atoms with Gasteiger partial charge in [0.1, 0.15) is 5.69 Å². The van der Waals surface area contributed by atoms with E-state index in [2.05, 4.69) is 26.1 Å². The van der Waals surface area contributed by atoms with E-state index in [1.807, 2.05) is 24.3 Å². The maximum Gasteiger partial charge on any atom is 0.328 e. The van der Waals surface area contributed by atoms with Crippen LogP contribution in [0.5, 0.6) is 0 Å². The van der Waals surface area contributed by atoms with Crippen LogP contribution in [0.2, 0.25) is 0 Å². The van der Waals surface area contributed by atoms with Gasteiger partial charge in [0.15, 0.2) is 0 Å². The number of aliphatic carboxylic acids is 1. The zero-order valence-corrected chi connectivity index (χ0v) is 10.2. The summed E-state index contributed by atoms with van der Waals surface area (Å²) < 4.78 is 0.926. The van der Waals surface area contributed by atoms with Gasteiger partial charge in [-0.1, -0.05) is 22.0 Å². The molecule has 0 saturated heterocycles. The highest BCUT2D eigenvalue weighted by molar-refractivity contribution is 9.10. The van der Waals surface area contributed by atoms with Gasteiger partial charge < -0.3 is 5.11 Å². The van der Waals surface area contributed by atoms with Gasteiger partial charge in [-0.05, 0) is 24.3 Å². The molecule has 1 aromatic heterocycles. The number of hydrogen-bond donors (Lipinski definition) is 1. The molecule has 0 atom stereocenters. The van der Waals surface area contributed by atoms with Crippen molar-refractivity contribution in [1.82, 2.24) is 15.0 Å². The van der Waals surface area contributed by atoms with Crippen LogP contribution in [0.15, 0.2) is 41.0 Å². The molecule has 1 N–H and O–H groups in total. The fourth-order valence-corrected chi connectivity index (χ4v) is 1.62. The van der Waals surface area contributed by atoms with Crippen LogP contribution in [-0.4, -0.2) is 26.1 Å². The molecule has 0 spiro atoms. The minimum Gasteiger partial charge on any atom is -0.478 e. The molecule has 2 aromatic rings. The first-order valence-corrected chi connectivity index (χ1v) is 5.54. The van der Waals surface area contributed by atoms with Crippen LogP contribution >= 0.6 is 15.9 Å². The Morgan fingerprint density at radius 2 is 2.29 bits per heavy atom. The third-order valence-corrected chi connectivity index (χ3v) is 2.44. The second kappa shape index (κ2) is 4.92. The van der Waals surface area contributed by atoms with E-state index in [1.54, 1.807) is 0 Å². The SMILES string of the molecule is O=C(O)C=Cc1cnn(-c2cccc(Br)c2)n1. The second-order valence-corrected chi connectivity index (χ2v) is 4.13. The van der Waals surface area contributed by atoms with Gasteiger partial charge in [-0.2, -0.15) is 9.90 Å². The minimum absolute atomic E-state index is 0.493. The molecule has 0 saturated carbocycles. The van der Waals surface area contributed by atoms with E-state index in [1.165, 1.54) is 17.1 Å². The topological polar surface area (TPSA) is 68.0 Å². The van der Waals surface area contributed by atoms with Gasteiger partial charge in [0, 0.05) is 10.5 Å². The van der Waals surface area contributed by atoms with Crippen molar-refractivity contribution in [3.63, 3.8) is 0 Å². The summed E-state index contributed by atoms with van der Waals surface area (Å²) in [7, 11) is 0. The minimum atomic E-state index is -1.01. The van der Waals surface area contributed by atoms with Crippen LogP contribution in [0.25, 0.3) is 11.8 Å². The van der Waals surface area contributed by atoms with Crippen molar-refractivity contribution < 1.29 is 9.90 Å². The largest absolute Gasteiger partial charge is 0.478 e. The molecule has 2 rings (SSSR count). The average molecular weight is 294 g/mol. The molecule has 0 amide bonds. The lowest BCUT2D eigenvalue weighted by atomic mass is 10.3. The van der Waals surface area contributed by atoms with Gasteiger partial charge in [-0.25, -0.2) is 4.79 Å². The smallest absolute Gasteiger partial charge is 0.328 e. The third kappa shape index (κ3) is 3.01. The van der Waals surface area contributed by atoms with Gasteiger partial charge in [0.2, 0.25) is 0 Å². The zero-order valence-electron chi connectivity index (χ0n) is 8.62. The highest BCUT2D eigenvalue weighted by Gasteiger charge is 2.01. The Kier molecular flexibility index (Phi) is 3.34. The van der Waals surface area contributed by atoms with E-state index in [4.69, 9.17) is 5.11 Å². The van der Waals surface area contributed by atoms with Crippen molar-refractivity contribution in [2.75, 3.05) is 0 Å². The first-order valence-electron chi connectivity index (χ1n) is 4.74. The third-order valence-electron chi connectivity index (χ3n) is 1.95. The van der Waals surface area contributed by atoms with Gasteiger partial charge >= 0.3 is 5.97 Å². The summed E-state index contributed by atoms with van der Waals surface area (Å²) in [6.45, 7) is 0. The Bertz CT molecular complexity index is 578. The second-order valence-electron chi connectivity index (χ2n) is 3.21. The fourth-order valence-electron chi connectivity index (χ4n) is 1.23. The van der Waals surface area contributed by atoms with E-state index < -0.39 is 5.97 Å². The van der Waals surface area contributed by atoms with Gasteiger partial charge in [-0.3, -0.25) is 0 Å². The summed E-state index contributed by atoms with van der Waals surface area (Å²) in [6.07, 6.45) is 3.92. The lowest BCUT2D eigenvalue weighted by Crippen LogP contribution is -1.98. The number of halogens is 1. The molecule has 0 aliphatic heterocycles. The van der Waals surface area contributed by atoms with Crippen LogP contribution in [0, 0.1) is 0 Å². The number of nitrogens with zero attached hydrogens (tertiary/aromatic N) is 3. The predicted molar refractivity (Wildman–Crippen MR) is 65.7 cm³/mol. The van der Waals surface area contributed by atoms with Gasteiger partial charge in [0.05, 0.1) is 11.9 Å². The molecular formula is C11H8BrN3O2. The van der Waals surface area contributed by atoms with Gasteiger partial charge in [-0.15, -0.1) is 5.10 Å². The summed E-state index contributed by atoms with van der Waals surface area (Å²) in [5.74, 6) is -1.01. The number of aromatic nitrogens is 3. The van der Waals surface area contributed by atoms with Crippen molar-refractivity contribution in [3.05, 3.63) is 46.7 Å². The number of benzene rings is 1. The maximum absolute atomic E-state index is 10.3. The Labute approximate surface area is 106 Å². The molecule has 86 valence electrons. The standard InChI is InChI=1S/C11H8BrN3O2/c12-8-2-1-3-10(6-8)15-13-7-9(14-15)4-5-11(16)17/h1-7H,(H,16,17). The van der Waals surface area contributed by atoms with Crippen molar-refractivity contribution >= 4 is 28.0 Å². The Hall–Kier alpha value is -1.95. The molecular weight excluding hydrogens is 286 g/mol. The monoisotopic (exact) mass is 293 g/mol. The molecule has 6 heteroatoms. The maximum atomic E-state index is 10.3. The van der Waals surface area contributed by atoms with Crippen LogP contribution < -0.4 is 0 Å².